The number of amides is 1. The number of aromatic nitrogens is 2. The maximum atomic E-state index is 12.8. The summed E-state index contributed by atoms with van der Waals surface area (Å²) in [6.45, 7) is 0. The molecule has 2 aromatic heterocycles. The minimum Gasteiger partial charge on any atom is -0.493 e. The number of oxazole rings is 1. The molecule has 146 valence electrons. The molecule has 0 radical (unpaired) electrons. The molecule has 2 heterocycles. The molecule has 0 fully saturated rings. The zero-order chi connectivity index (χ0) is 20.1. The standard InChI is InChI=1S/C19H19N3O6/c1-24-13-7-5-11(9-14(13)25-2)17-16(20-10-28-17)18(23)21-12-6-8-15(26-3)22-19(12)27-4/h5-10H,1-4H3,(H,21,23). The molecule has 0 aliphatic heterocycles. The van der Waals surface area contributed by atoms with Crippen LogP contribution in [-0.2, 0) is 0 Å². The van der Waals surface area contributed by atoms with Gasteiger partial charge in [0.15, 0.2) is 29.3 Å². The predicted molar refractivity (Wildman–Crippen MR) is 100 cm³/mol. The Kier molecular flexibility index (Phi) is 5.64. The van der Waals surface area contributed by atoms with Crippen molar-refractivity contribution >= 4 is 11.6 Å². The van der Waals surface area contributed by atoms with E-state index in [1.165, 1.54) is 27.7 Å². The summed E-state index contributed by atoms with van der Waals surface area (Å²) in [7, 11) is 6.01. The van der Waals surface area contributed by atoms with Gasteiger partial charge in [-0.05, 0) is 24.3 Å². The van der Waals surface area contributed by atoms with E-state index < -0.39 is 5.91 Å². The van der Waals surface area contributed by atoms with Gasteiger partial charge >= 0.3 is 0 Å². The summed E-state index contributed by atoms with van der Waals surface area (Å²) < 4.78 is 26.2. The first kappa shape index (κ1) is 19.0. The molecule has 28 heavy (non-hydrogen) atoms. The average molecular weight is 385 g/mol. The summed E-state index contributed by atoms with van der Waals surface area (Å²) in [4.78, 5) is 20.9. The lowest BCUT2D eigenvalue weighted by Gasteiger charge is -2.11. The molecule has 9 heteroatoms. The normalized spacial score (nSPS) is 10.3. The van der Waals surface area contributed by atoms with Crippen molar-refractivity contribution in [2.45, 2.75) is 0 Å². The number of pyridine rings is 1. The van der Waals surface area contributed by atoms with Crippen LogP contribution < -0.4 is 24.3 Å². The highest BCUT2D eigenvalue weighted by Gasteiger charge is 2.21. The van der Waals surface area contributed by atoms with Gasteiger partial charge in [0.1, 0.15) is 5.69 Å². The van der Waals surface area contributed by atoms with Gasteiger partial charge in [0, 0.05) is 11.6 Å². The first-order valence-corrected chi connectivity index (χ1v) is 8.17. The Labute approximate surface area is 161 Å². The number of rotatable bonds is 7. The van der Waals surface area contributed by atoms with Gasteiger partial charge in [-0.15, -0.1) is 0 Å². The minimum absolute atomic E-state index is 0.102. The minimum atomic E-state index is -0.483. The molecule has 3 aromatic rings. The highest BCUT2D eigenvalue weighted by atomic mass is 16.5. The second kappa shape index (κ2) is 8.30. The summed E-state index contributed by atoms with van der Waals surface area (Å²) in [6, 6.07) is 8.39. The van der Waals surface area contributed by atoms with E-state index in [1.54, 1.807) is 37.4 Å². The van der Waals surface area contributed by atoms with Crippen molar-refractivity contribution in [3.8, 4) is 34.6 Å². The number of carbonyl (C=O) groups excluding carboxylic acids is 1. The van der Waals surface area contributed by atoms with E-state index in [4.69, 9.17) is 23.4 Å². The van der Waals surface area contributed by atoms with E-state index >= 15 is 0 Å². The fourth-order valence-corrected chi connectivity index (χ4v) is 2.56. The summed E-state index contributed by atoms with van der Waals surface area (Å²) in [5.41, 5.74) is 1.08. The third-order valence-corrected chi connectivity index (χ3v) is 3.91. The van der Waals surface area contributed by atoms with E-state index in [1.807, 2.05) is 0 Å². The van der Waals surface area contributed by atoms with E-state index in [9.17, 15) is 4.79 Å². The fourth-order valence-electron chi connectivity index (χ4n) is 2.56. The van der Waals surface area contributed by atoms with Crippen LogP contribution in [0.1, 0.15) is 10.5 Å². The van der Waals surface area contributed by atoms with Crippen molar-refractivity contribution in [3.05, 3.63) is 42.4 Å². The van der Waals surface area contributed by atoms with Gasteiger partial charge < -0.3 is 28.7 Å². The van der Waals surface area contributed by atoms with E-state index in [0.29, 0.717) is 34.4 Å². The number of nitrogens with zero attached hydrogens (tertiary/aromatic N) is 2. The Hall–Kier alpha value is -3.75. The quantitative estimate of drug-likeness (QED) is 0.662. The van der Waals surface area contributed by atoms with Crippen LogP contribution in [-0.4, -0.2) is 44.3 Å². The summed E-state index contributed by atoms with van der Waals surface area (Å²) >= 11 is 0. The monoisotopic (exact) mass is 385 g/mol. The number of benzene rings is 1. The van der Waals surface area contributed by atoms with Crippen LogP contribution in [0.15, 0.2) is 41.1 Å². The van der Waals surface area contributed by atoms with E-state index in [-0.39, 0.29) is 11.6 Å². The number of carbonyl (C=O) groups is 1. The number of hydrogen-bond donors (Lipinski definition) is 1. The first-order valence-electron chi connectivity index (χ1n) is 8.17. The number of hydrogen-bond acceptors (Lipinski definition) is 8. The maximum absolute atomic E-state index is 12.8. The van der Waals surface area contributed by atoms with Crippen molar-refractivity contribution in [3.63, 3.8) is 0 Å². The largest absolute Gasteiger partial charge is 0.493 e. The fraction of sp³-hybridized carbons (Fsp3) is 0.211. The first-order chi connectivity index (χ1) is 13.6. The Morgan fingerprint density at radius 2 is 1.75 bits per heavy atom. The number of nitrogens with one attached hydrogen (secondary N) is 1. The molecule has 1 amide bonds. The van der Waals surface area contributed by atoms with Crippen LogP contribution in [0.5, 0.6) is 23.3 Å². The molecule has 0 bridgehead atoms. The van der Waals surface area contributed by atoms with Crippen molar-refractivity contribution < 1.29 is 28.2 Å². The molecule has 9 nitrogen and oxygen atoms in total. The number of ether oxygens (including phenoxy) is 4. The zero-order valence-electron chi connectivity index (χ0n) is 15.8. The third-order valence-electron chi connectivity index (χ3n) is 3.91. The van der Waals surface area contributed by atoms with Gasteiger partial charge in [-0.1, -0.05) is 0 Å². The second-order valence-electron chi connectivity index (χ2n) is 5.46. The summed E-state index contributed by atoms with van der Waals surface area (Å²) in [5.74, 6) is 1.45. The van der Waals surface area contributed by atoms with Crippen LogP contribution >= 0.6 is 0 Å². The highest BCUT2D eigenvalue weighted by Crippen LogP contribution is 2.34. The van der Waals surface area contributed by atoms with Crippen molar-refractivity contribution in [1.82, 2.24) is 9.97 Å². The second-order valence-corrected chi connectivity index (χ2v) is 5.46. The van der Waals surface area contributed by atoms with Gasteiger partial charge in [-0.2, -0.15) is 4.98 Å². The summed E-state index contributed by atoms with van der Waals surface area (Å²) in [6.07, 6.45) is 1.20. The van der Waals surface area contributed by atoms with Crippen LogP contribution in [0.2, 0.25) is 0 Å². The molecule has 1 aromatic carbocycles. The smallest absolute Gasteiger partial charge is 0.278 e. The predicted octanol–water partition coefficient (Wildman–Crippen LogP) is 3.02. The third kappa shape index (κ3) is 3.68. The molecule has 0 saturated carbocycles. The SMILES string of the molecule is COc1ccc(NC(=O)c2ncoc2-c2ccc(OC)c(OC)c2)c(OC)n1. The van der Waals surface area contributed by atoms with Gasteiger partial charge in [-0.3, -0.25) is 4.79 Å². The Balaban J connectivity index is 1.91. The molecule has 3 rings (SSSR count). The number of anilines is 1. The lowest BCUT2D eigenvalue weighted by Crippen LogP contribution is -2.14. The average Bonchev–Trinajstić information content (AvgIpc) is 3.23. The lowest BCUT2D eigenvalue weighted by molar-refractivity contribution is 0.102. The van der Waals surface area contributed by atoms with Gasteiger partial charge in [-0.25, -0.2) is 4.98 Å². The van der Waals surface area contributed by atoms with Crippen LogP contribution in [0, 0.1) is 0 Å². The van der Waals surface area contributed by atoms with E-state index in [0.717, 1.165) is 0 Å². The van der Waals surface area contributed by atoms with Crippen molar-refractivity contribution in [1.29, 1.82) is 0 Å². The molecule has 0 aliphatic carbocycles. The molecular formula is C19H19N3O6. The van der Waals surface area contributed by atoms with Gasteiger partial charge in [0.2, 0.25) is 11.8 Å². The highest BCUT2D eigenvalue weighted by molar-refractivity contribution is 6.07. The molecule has 1 N–H and O–H groups in total. The Bertz CT molecular complexity index is 986. The zero-order valence-corrected chi connectivity index (χ0v) is 15.8. The van der Waals surface area contributed by atoms with Crippen molar-refractivity contribution in [2.75, 3.05) is 33.8 Å². The molecule has 0 atom stereocenters. The van der Waals surface area contributed by atoms with E-state index in [2.05, 4.69) is 15.3 Å². The summed E-state index contributed by atoms with van der Waals surface area (Å²) in [5, 5.41) is 2.72. The molecular weight excluding hydrogens is 366 g/mol. The molecule has 0 spiro atoms. The van der Waals surface area contributed by atoms with Crippen LogP contribution in [0.25, 0.3) is 11.3 Å². The molecule has 0 aliphatic rings. The van der Waals surface area contributed by atoms with Gasteiger partial charge in [0.25, 0.3) is 5.91 Å². The lowest BCUT2D eigenvalue weighted by atomic mass is 10.1. The maximum Gasteiger partial charge on any atom is 0.278 e. The number of methoxy groups -OCH3 is 4. The van der Waals surface area contributed by atoms with Crippen LogP contribution in [0.4, 0.5) is 5.69 Å². The Morgan fingerprint density at radius 3 is 2.43 bits per heavy atom. The topological polar surface area (TPSA) is 105 Å². The Morgan fingerprint density at radius 1 is 0.964 bits per heavy atom. The van der Waals surface area contributed by atoms with Crippen molar-refractivity contribution in [2.24, 2.45) is 0 Å². The molecule has 0 saturated heterocycles. The molecule has 0 unspecified atom stereocenters. The van der Waals surface area contributed by atoms with Gasteiger partial charge in [0.05, 0.1) is 28.4 Å². The van der Waals surface area contributed by atoms with Crippen LogP contribution in [0.3, 0.4) is 0 Å².